The average Bonchev–Trinajstić information content (AvgIpc) is 2.38. The van der Waals surface area contributed by atoms with Crippen LogP contribution in [0.3, 0.4) is 0 Å². The average molecular weight is 259 g/mol. The Kier molecular flexibility index (Phi) is 6.90. The van der Waals surface area contributed by atoms with Crippen LogP contribution in [0.4, 0.5) is 0 Å². The molecule has 1 N–H and O–H groups in total. The van der Waals surface area contributed by atoms with Gasteiger partial charge in [-0.15, -0.1) is 0 Å². The Balaban J connectivity index is 2.61. The van der Waals surface area contributed by atoms with Gasteiger partial charge in [-0.2, -0.15) is 12.6 Å². The van der Waals surface area contributed by atoms with E-state index in [1.165, 1.54) is 38.6 Å². The number of nitrogens with zero attached hydrogens (tertiary/aromatic N) is 1. The van der Waals surface area contributed by atoms with Gasteiger partial charge in [-0.25, -0.2) is 0 Å². The highest BCUT2D eigenvalue weighted by Crippen LogP contribution is 2.32. The van der Waals surface area contributed by atoms with Gasteiger partial charge in [0.25, 0.3) is 0 Å². The molecular formula is C14H29NOS. The number of thiol groups is 1. The molecular weight excluding hydrogens is 230 g/mol. The number of piperidine rings is 1. The van der Waals surface area contributed by atoms with Crippen LogP contribution in [0, 0.1) is 5.41 Å². The molecule has 1 unspecified atom stereocenters. The molecule has 0 spiro atoms. The van der Waals surface area contributed by atoms with Crippen LogP contribution < -0.4 is 0 Å². The van der Waals surface area contributed by atoms with Gasteiger partial charge in [0, 0.05) is 19.2 Å². The van der Waals surface area contributed by atoms with Crippen LogP contribution >= 0.6 is 12.6 Å². The van der Waals surface area contributed by atoms with Gasteiger partial charge in [0.2, 0.25) is 0 Å². The first-order chi connectivity index (χ1) is 8.21. The van der Waals surface area contributed by atoms with Crippen molar-refractivity contribution >= 4 is 12.6 Å². The quantitative estimate of drug-likeness (QED) is 0.687. The maximum Gasteiger partial charge on any atom is 0.0445 e. The molecule has 0 aromatic heterocycles. The SMILES string of the molecule is CCC(CC)(CS)CN1CCCCC1CCO. The van der Waals surface area contributed by atoms with Gasteiger partial charge in [0.15, 0.2) is 0 Å². The zero-order valence-electron chi connectivity index (χ0n) is 11.5. The molecule has 3 heteroatoms. The van der Waals surface area contributed by atoms with Gasteiger partial charge in [0.05, 0.1) is 0 Å². The normalized spacial score (nSPS) is 22.9. The lowest BCUT2D eigenvalue weighted by molar-refractivity contribution is 0.0706. The van der Waals surface area contributed by atoms with Crippen molar-refractivity contribution in [1.82, 2.24) is 4.90 Å². The molecule has 17 heavy (non-hydrogen) atoms. The molecule has 1 aliphatic heterocycles. The lowest BCUT2D eigenvalue weighted by Crippen LogP contribution is -2.47. The topological polar surface area (TPSA) is 23.5 Å². The van der Waals surface area contributed by atoms with Gasteiger partial charge in [-0.05, 0) is 49.8 Å². The van der Waals surface area contributed by atoms with Crippen molar-refractivity contribution in [2.24, 2.45) is 5.41 Å². The summed E-state index contributed by atoms with van der Waals surface area (Å²) in [6, 6.07) is 0.603. The summed E-state index contributed by atoms with van der Waals surface area (Å²) in [5.74, 6) is 0.975. The summed E-state index contributed by atoms with van der Waals surface area (Å²) in [6.07, 6.45) is 7.25. The van der Waals surface area contributed by atoms with E-state index in [2.05, 4.69) is 31.4 Å². The molecule has 2 nitrogen and oxygen atoms in total. The molecule has 0 aromatic carbocycles. The number of rotatable bonds is 7. The number of aliphatic hydroxyl groups excluding tert-OH is 1. The van der Waals surface area contributed by atoms with Crippen LogP contribution in [0.5, 0.6) is 0 Å². The largest absolute Gasteiger partial charge is 0.396 e. The summed E-state index contributed by atoms with van der Waals surface area (Å²) in [4.78, 5) is 2.61. The highest BCUT2D eigenvalue weighted by molar-refractivity contribution is 7.80. The van der Waals surface area contributed by atoms with E-state index in [9.17, 15) is 0 Å². The monoisotopic (exact) mass is 259 g/mol. The van der Waals surface area contributed by atoms with Gasteiger partial charge in [-0.3, -0.25) is 4.90 Å². The van der Waals surface area contributed by atoms with Crippen molar-refractivity contribution in [3.05, 3.63) is 0 Å². The van der Waals surface area contributed by atoms with Crippen molar-refractivity contribution in [3.8, 4) is 0 Å². The first-order valence-electron chi connectivity index (χ1n) is 7.17. The Morgan fingerprint density at radius 2 is 2.00 bits per heavy atom. The number of aliphatic hydroxyl groups is 1. The highest BCUT2D eigenvalue weighted by atomic mass is 32.1. The van der Waals surface area contributed by atoms with Crippen LogP contribution in [0.1, 0.15) is 52.4 Å². The minimum atomic E-state index is 0.327. The lowest BCUT2D eigenvalue weighted by Gasteiger charge is -2.42. The van der Waals surface area contributed by atoms with Gasteiger partial charge in [-0.1, -0.05) is 20.3 Å². The third-order valence-electron chi connectivity index (χ3n) is 4.59. The lowest BCUT2D eigenvalue weighted by atomic mass is 9.82. The van der Waals surface area contributed by atoms with Gasteiger partial charge >= 0.3 is 0 Å². The summed E-state index contributed by atoms with van der Waals surface area (Å²) in [5, 5.41) is 9.16. The van der Waals surface area contributed by atoms with Gasteiger partial charge in [0.1, 0.15) is 0 Å². The molecule has 0 saturated carbocycles. The predicted molar refractivity (Wildman–Crippen MR) is 77.8 cm³/mol. The zero-order chi connectivity index (χ0) is 12.7. The summed E-state index contributed by atoms with van der Waals surface area (Å²) >= 11 is 4.57. The fraction of sp³-hybridized carbons (Fsp3) is 1.00. The van der Waals surface area contributed by atoms with E-state index in [1.54, 1.807) is 0 Å². The van der Waals surface area contributed by atoms with Crippen LogP contribution in [0.2, 0.25) is 0 Å². The third kappa shape index (κ3) is 4.15. The van der Waals surface area contributed by atoms with Crippen molar-refractivity contribution < 1.29 is 5.11 Å². The number of likely N-dealkylation sites (tertiary alicyclic amines) is 1. The smallest absolute Gasteiger partial charge is 0.0445 e. The molecule has 1 saturated heterocycles. The Morgan fingerprint density at radius 1 is 1.29 bits per heavy atom. The molecule has 1 aliphatic rings. The first kappa shape index (κ1) is 15.3. The summed E-state index contributed by atoms with van der Waals surface area (Å²) in [7, 11) is 0. The molecule has 1 rings (SSSR count). The van der Waals surface area contributed by atoms with Crippen molar-refractivity contribution in [2.45, 2.75) is 58.4 Å². The molecule has 1 heterocycles. The predicted octanol–water partition coefficient (Wildman–Crippen LogP) is 2.96. The standard InChI is InChI=1S/C14H29NOS/c1-3-14(4-2,12-17)11-15-9-6-5-7-13(15)8-10-16/h13,16-17H,3-12H2,1-2H3. The number of hydrogen-bond acceptors (Lipinski definition) is 3. The van der Waals surface area contributed by atoms with Crippen molar-refractivity contribution in [1.29, 1.82) is 0 Å². The van der Waals surface area contributed by atoms with E-state index < -0.39 is 0 Å². The maximum atomic E-state index is 9.16. The molecule has 1 fully saturated rings. The molecule has 0 aliphatic carbocycles. The Morgan fingerprint density at radius 3 is 2.53 bits per heavy atom. The molecule has 0 bridgehead atoms. The highest BCUT2D eigenvalue weighted by Gasteiger charge is 2.31. The Labute approximate surface area is 112 Å². The second-order valence-electron chi connectivity index (χ2n) is 5.50. The molecule has 0 amide bonds. The van der Waals surface area contributed by atoms with E-state index in [0.29, 0.717) is 18.1 Å². The number of hydrogen-bond donors (Lipinski definition) is 2. The fourth-order valence-corrected chi connectivity index (χ4v) is 3.47. The van der Waals surface area contributed by atoms with E-state index in [0.717, 1.165) is 18.7 Å². The molecule has 1 atom stereocenters. The molecule has 0 radical (unpaired) electrons. The van der Waals surface area contributed by atoms with E-state index in [-0.39, 0.29) is 0 Å². The Bertz CT molecular complexity index is 196. The van der Waals surface area contributed by atoms with E-state index in [4.69, 9.17) is 5.11 Å². The fourth-order valence-electron chi connectivity index (χ4n) is 2.92. The van der Waals surface area contributed by atoms with Crippen LogP contribution in [-0.4, -0.2) is 41.5 Å². The summed E-state index contributed by atoms with van der Waals surface area (Å²) in [5.41, 5.74) is 0.369. The summed E-state index contributed by atoms with van der Waals surface area (Å²) < 4.78 is 0. The summed E-state index contributed by atoms with van der Waals surface area (Å²) in [6.45, 7) is 7.26. The second-order valence-corrected chi connectivity index (χ2v) is 5.81. The van der Waals surface area contributed by atoms with Crippen LogP contribution in [-0.2, 0) is 0 Å². The maximum absolute atomic E-state index is 9.16. The van der Waals surface area contributed by atoms with E-state index >= 15 is 0 Å². The minimum Gasteiger partial charge on any atom is -0.396 e. The van der Waals surface area contributed by atoms with Crippen molar-refractivity contribution in [2.75, 3.05) is 25.4 Å². The molecule has 0 aromatic rings. The van der Waals surface area contributed by atoms with Crippen LogP contribution in [0.15, 0.2) is 0 Å². The van der Waals surface area contributed by atoms with E-state index in [1.807, 2.05) is 0 Å². The van der Waals surface area contributed by atoms with Gasteiger partial charge < -0.3 is 5.11 Å². The van der Waals surface area contributed by atoms with Crippen molar-refractivity contribution in [3.63, 3.8) is 0 Å². The van der Waals surface area contributed by atoms with Crippen LogP contribution in [0.25, 0.3) is 0 Å². The zero-order valence-corrected chi connectivity index (χ0v) is 12.4. The first-order valence-corrected chi connectivity index (χ1v) is 7.80. The second kappa shape index (κ2) is 7.65. The minimum absolute atomic E-state index is 0.327. The Hall–Kier alpha value is 0.270. The molecule has 102 valence electrons. The third-order valence-corrected chi connectivity index (χ3v) is 5.26.